The predicted octanol–water partition coefficient (Wildman–Crippen LogP) is 4.09. The molecule has 0 saturated carbocycles. The zero-order valence-corrected chi connectivity index (χ0v) is 8.62. The minimum absolute atomic E-state index is 1.28. The van der Waals surface area contributed by atoms with Crippen LogP contribution in [0.25, 0.3) is 33.0 Å². The molecule has 0 unspecified atom stereocenters. The summed E-state index contributed by atoms with van der Waals surface area (Å²) in [5.74, 6) is 0. The van der Waals surface area contributed by atoms with E-state index in [4.69, 9.17) is 0 Å². The molecule has 0 aromatic heterocycles. The molecule has 3 aromatic carbocycles. The highest BCUT2D eigenvalue weighted by Gasteiger charge is 2.19. The molecule has 72 valence electrons. The summed E-state index contributed by atoms with van der Waals surface area (Å²) >= 11 is 0. The summed E-state index contributed by atoms with van der Waals surface area (Å²) < 4.78 is 0. The molecule has 0 atom stereocenters. The van der Waals surface area contributed by atoms with Crippen LogP contribution in [0.4, 0.5) is 0 Å². The molecule has 16 heavy (non-hydrogen) atoms. The summed E-state index contributed by atoms with van der Waals surface area (Å²) in [5, 5.41) is 2.68. The van der Waals surface area contributed by atoms with Crippen LogP contribution in [-0.4, -0.2) is 0 Å². The molecule has 1 aliphatic carbocycles. The first-order valence-corrected chi connectivity index (χ1v) is 5.39. The fourth-order valence-electron chi connectivity index (χ4n) is 2.62. The van der Waals surface area contributed by atoms with Crippen LogP contribution in [0.5, 0.6) is 0 Å². The Labute approximate surface area is 94.2 Å². The van der Waals surface area contributed by atoms with Crippen molar-refractivity contribution in [3.05, 3.63) is 60.7 Å². The second-order valence-electron chi connectivity index (χ2n) is 4.11. The summed E-state index contributed by atoms with van der Waals surface area (Å²) in [6.45, 7) is 0. The van der Waals surface area contributed by atoms with Crippen LogP contribution in [0, 0.1) is 12.1 Å². The van der Waals surface area contributed by atoms with Gasteiger partial charge in [0.05, 0.1) is 0 Å². The highest BCUT2D eigenvalue weighted by molar-refractivity contribution is 6.14. The van der Waals surface area contributed by atoms with E-state index in [1.165, 1.54) is 33.0 Å². The molecule has 0 saturated heterocycles. The Morgan fingerprint density at radius 3 is 1.75 bits per heavy atom. The Kier molecular flexibility index (Phi) is 1.32. The van der Waals surface area contributed by atoms with E-state index < -0.39 is 0 Å². The van der Waals surface area contributed by atoms with Crippen molar-refractivity contribution in [2.45, 2.75) is 0 Å². The van der Waals surface area contributed by atoms with Crippen LogP contribution >= 0.6 is 0 Å². The molecule has 0 aliphatic heterocycles. The van der Waals surface area contributed by atoms with E-state index in [2.05, 4.69) is 48.5 Å². The average Bonchev–Trinajstić information content (AvgIpc) is 2.68. The van der Waals surface area contributed by atoms with Crippen molar-refractivity contribution in [1.29, 1.82) is 0 Å². The minimum Gasteiger partial charge on any atom is -0.0696 e. The van der Waals surface area contributed by atoms with E-state index in [0.29, 0.717) is 0 Å². The molecule has 1 aliphatic rings. The van der Waals surface area contributed by atoms with Crippen molar-refractivity contribution in [1.82, 2.24) is 0 Å². The highest BCUT2D eigenvalue weighted by atomic mass is 14.2. The molecule has 4 rings (SSSR count). The van der Waals surface area contributed by atoms with Gasteiger partial charge in [-0.15, -0.1) is 0 Å². The van der Waals surface area contributed by atoms with E-state index in [-0.39, 0.29) is 0 Å². The van der Waals surface area contributed by atoms with Gasteiger partial charge in [0.2, 0.25) is 0 Å². The first-order valence-electron chi connectivity index (χ1n) is 5.39. The summed E-state index contributed by atoms with van der Waals surface area (Å²) in [6, 6.07) is 23.1. The molecule has 0 heteroatoms. The molecular weight excluding hydrogens is 192 g/mol. The van der Waals surface area contributed by atoms with Gasteiger partial charge in [-0.3, -0.25) is 0 Å². The molecule has 3 aromatic rings. The van der Waals surface area contributed by atoms with Gasteiger partial charge < -0.3 is 0 Å². The lowest BCUT2D eigenvalue weighted by molar-refractivity contribution is 1.72. The summed E-state index contributed by atoms with van der Waals surface area (Å²) in [7, 11) is 0. The van der Waals surface area contributed by atoms with Gasteiger partial charge in [-0.2, -0.15) is 0 Å². The molecule has 0 N–H and O–H groups in total. The summed E-state index contributed by atoms with van der Waals surface area (Å²) in [5.41, 5.74) is 5.22. The monoisotopic (exact) mass is 200 g/mol. The second kappa shape index (κ2) is 2.65. The zero-order valence-electron chi connectivity index (χ0n) is 8.62. The van der Waals surface area contributed by atoms with E-state index in [1.807, 2.05) is 12.1 Å². The highest BCUT2D eigenvalue weighted by Crippen LogP contribution is 2.45. The maximum atomic E-state index is 3.05. The number of hydrogen-bond acceptors (Lipinski definition) is 0. The minimum atomic E-state index is 1.28. The molecule has 0 amide bonds. The van der Waals surface area contributed by atoms with Crippen LogP contribution in [0.3, 0.4) is 0 Å². The lowest BCUT2D eigenvalue weighted by atomic mass is 10.0. The van der Waals surface area contributed by atoms with Crippen LogP contribution < -0.4 is 0 Å². The number of fused-ring (bicyclic) bond motifs is 3. The van der Waals surface area contributed by atoms with Crippen LogP contribution in [-0.2, 0) is 0 Å². The summed E-state index contributed by atoms with van der Waals surface area (Å²) in [4.78, 5) is 0. The van der Waals surface area contributed by atoms with Gasteiger partial charge in [0.25, 0.3) is 0 Å². The van der Waals surface area contributed by atoms with E-state index in [1.54, 1.807) is 0 Å². The lowest BCUT2D eigenvalue weighted by Gasteiger charge is -2.00. The Balaban J connectivity index is 2.31. The molecule has 0 heterocycles. The zero-order chi connectivity index (χ0) is 10.5. The average molecular weight is 200 g/mol. The van der Waals surface area contributed by atoms with Gasteiger partial charge in [-0.05, 0) is 45.2 Å². The molecule has 0 spiro atoms. The van der Waals surface area contributed by atoms with Crippen molar-refractivity contribution in [3.8, 4) is 22.3 Å². The first kappa shape index (κ1) is 7.96. The summed E-state index contributed by atoms with van der Waals surface area (Å²) in [6.07, 6.45) is 0. The van der Waals surface area contributed by atoms with Crippen molar-refractivity contribution in [3.63, 3.8) is 0 Å². The maximum Gasteiger partial charge on any atom is -0.000857 e. The van der Waals surface area contributed by atoms with Crippen LogP contribution in [0.15, 0.2) is 48.5 Å². The molecular formula is C16H8. The fourth-order valence-corrected chi connectivity index (χ4v) is 2.62. The van der Waals surface area contributed by atoms with E-state index >= 15 is 0 Å². The SMILES string of the molecule is c1cc2c(cc#1)-c1cccc3cccc-2c13. The van der Waals surface area contributed by atoms with Gasteiger partial charge >= 0.3 is 0 Å². The quantitative estimate of drug-likeness (QED) is 0.401. The van der Waals surface area contributed by atoms with Gasteiger partial charge in [-0.1, -0.05) is 48.5 Å². The van der Waals surface area contributed by atoms with Gasteiger partial charge in [0.15, 0.2) is 0 Å². The molecule has 0 radical (unpaired) electrons. The smallest absolute Gasteiger partial charge is 0.000857 e. The van der Waals surface area contributed by atoms with Gasteiger partial charge in [0, 0.05) is 0 Å². The molecule has 0 fully saturated rings. The maximum absolute atomic E-state index is 3.05. The van der Waals surface area contributed by atoms with Crippen LogP contribution in [0.1, 0.15) is 0 Å². The molecule has 0 bridgehead atoms. The van der Waals surface area contributed by atoms with Crippen LogP contribution in [0.2, 0.25) is 0 Å². The predicted molar refractivity (Wildman–Crippen MR) is 66.1 cm³/mol. The standard InChI is InChI=1S/C16H8/c1-2-8-13-12(7-1)14-9-3-5-11-6-4-10-15(13)16(11)14/h3-10H. The number of benzene rings is 2. The van der Waals surface area contributed by atoms with Crippen molar-refractivity contribution < 1.29 is 0 Å². The third kappa shape index (κ3) is 0.816. The van der Waals surface area contributed by atoms with Crippen molar-refractivity contribution in [2.24, 2.45) is 0 Å². The third-order valence-corrected chi connectivity index (χ3v) is 3.29. The van der Waals surface area contributed by atoms with Crippen molar-refractivity contribution in [2.75, 3.05) is 0 Å². The number of rotatable bonds is 0. The largest absolute Gasteiger partial charge is 0.0696 e. The normalized spacial score (nSPS) is 11.2. The topological polar surface area (TPSA) is 0 Å². The van der Waals surface area contributed by atoms with E-state index in [0.717, 1.165) is 0 Å². The third-order valence-electron chi connectivity index (χ3n) is 3.29. The van der Waals surface area contributed by atoms with Gasteiger partial charge in [0.1, 0.15) is 0 Å². The van der Waals surface area contributed by atoms with Crippen molar-refractivity contribution >= 4 is 10.8 Å². The fraction of sp³-hybridized carbons (Fsp3) is 0. The first-order chi connectivity index (χ1) is 7.95. The number of hydrogen-bond donors (Lipinski definition) is 0. The Morgan fingerprint density at radius 2 is 1.19 bits per heavy atom. The van der Waals surface area contributed by atoms with E-state index in [9.17, 15) is 0 Å². The van der Waals surface area contributed by atoms with Gasteiger partial charge in [-0.25, -0.2) is 0 Å². The Morgan fingerprint density at radius 1 is 0.625 bits per heavy atom. The second-order valence-corrected chi connectivity index (χ2v) is 4.11. The Hall–Kier alpha value is -2.26. The lowest BCUT2D eigenvalue weighted by Crippen LogP contribution is -1.73. The Bertz CT molecular complexity index is 650. The molecule has 0 nitrogen and oxygen atoms in total.